The van der Waals surface area contributed by atoms with Gasteiger partial charge in [0.1, 0.15) is 5.69 Å². The highest BCUT2D eigenvalue weighted by Gasteiger charge is 2.24. The molecule has 0 bridgehead atoms. The van der Waals surface area contributed by atoms with Crippen molar-refractivity contribution in [2.75, 3.05) is 25.6 Å². The van der Waals surface area contributed by atoms with Gasteiger partial charge in [-0.2, -0.15) is 0 Å². The third kappa shape index (κ3) is 3.71. The zero-order chi connectivity index (χ0) is 12.1. The molecule has 5 nitrogen and oxygen atoms in total. The molecule has 1 aromatic heterocycles. The number of hydrogen-bond acceptors (Lipinski definition) is 4. The van der Waals surface area contributed by atoms with Gasteiger partial charge in [0, 0.05) is 31.6 Å². The van der Waals surface area contributed by atoms with Crippen molar-refractivity contribution in [2.45, 2.75) is 18.9 Å². The first-order valence-electron chi connectivity index (χ1n) is 5.79. The first kappa shape index (κ1) is 11.9. The Morgan fingerprint density at radius 3 is 3.12 bits per heavy atom. The van der Waals surface area contributed by atoms with E-state index in [0.717, 1.165) is 18.5 Å². The number of ether oxygens (including phenoxy) is 1. The van der Waals surface area contributed by atoms with Gasteiger partial charge in [-0.15, -0.1) is 0 Å². The number of carbonyl (C=O) groups is 1. The predicted molar refractivity (Wildman–Crippen MR) is 65.1 cm³/mol. The van der Waals surface area contributed by atoms with Crippen LogP contribution in [0.5, 0.6) is 0 Å². The second kappa shape index (κ2) is 5.63. The van der Waals surface area contributed by atoms with Crippen molar-refractivity contribution in [1.29, 1.82) is 0 Å². The summed E-state index contributed by atoms with van der Waals surface area (Å²) < 4.78 is 4.94. The summed E-state index contributed by atoms with van der Waals surface area (Å²) >= 11 is 0. The molecule has 0 aliphatic heterocycles. The molecule has 1 heterocycles. The molecular weight excluding hydrogens is 218 g/mol. The zero-order valence-corrected chi connectivity index (χ0v) is 9.90. The predicted octanol–water partition coefficient (Wildman–Crippen LogP) is 1.03. The lowest BCUT2D eigenvalue weighted by molar-refractivity contribution is 0.0946. The number of hydrogen-bond donors (Lipinski definition) is 2. The summed E-state index contributed by atoms with van der Waals surface area (Å²) in [7, 11) is 1.66. The molecule has 1 fully saturated rings. The maximum absolute atomic E-state index is 11.8. The molecule has 2 rings (SSSR count). The smallest absolute Gasteiger partial charge is 0.270 e. The van der Waals surface area contributed by atoms with Crippen LogP contribution in [0.4, 0.5) is 5.69 Å². The van der Waals surface area contributed by atoms with Gasteiger partial charge in [0.25, 0.3) is 5.91 Å². The van der Waals surface area contributed by atoms with Gasteiger partial charge in [-0.05, 0) is 25.0 Å². The minimum absolute atomic E-state index is 0.0945. The summed E-state index contributed by atoms with van der Waals surface area (Å²) in [4.78, 5) is 15.8. The Labute approximate surface area is 101 Å². The number of nitrogens with zero attached hydrogens (tertiary/aromatic N) is 1. The number of rotatable bonds is 6. The fraction of sp³-hybridized carbons (Fsp3) is 0.500. The van der Waals surface area contributed by atoms with Crippen LogP contribution >= 0.6 is 0 Å². The van der Waals surface area contributed by atoms with Crippen LogP contribution in [0.15, 0.2) is 18.3 Å². The molecule has 0 aromatic carbocycles. The van der Waals surface area contributed by atoms with E-state index in [1.54, 1.807) is 19.4 Å². The molecular formula is C12H17N3O2. The number of carbonyl (C=O) groups excluding carboxylic acids is 1. The molecule has 0 radical (unpaired) electrons. The third-order valence-corrected chi connectivity index (χ3v) is 2.54. The highest BCUT2D eigenvalue weighted by atomic mass is 16.5. The molecule has 0 atom stereocenters. The lowest BCUT2D eigenvalue weighted by Gasteiger charge is -2.07. The summed E-state index contributed by atoms with van der Waals surface area (Å²) in [6.07, 6.45) is 3.80. The second-order valence-corrected chi connectivity index (χ2v) is 4.10. The van der Waals surface area contributed by atoms with Crippen LogP contribution in [0.2, 0.25) is 0 Å². The Morgan fingerprint density at radius 1 is 1.59 bits per heavy atom. The van der Waals surface area contributed by atoms with E-state index in [0.29, 0.717) is 24.9 Å². The van der Waals surface area contributed by atoms with Crippen molar-refractivity contribution in [3.63, 3.8) is 0 Å². The molecule has 1 aliphatic carbocycles. The number of anilines is 1. The Hall–Kier alpha value is -1.62. The van der Waals surface area contributed by atoms with E-state index in [4.69, 9.17) is 4.74 Å². The first-order chi connectivity index (χ1) is 8.29. The van der Waals surface area contributed by atoms with Crippen molar-refractivity contribution in [3.8, 4) is 0 Å². The number of amides is 1. The first-order valence-corrected chi connectivity index (χ1v) is 5.79. The molecule has 0 spiro atoms. The van der Waals surface area contributed by atoms with Crippen LogP contribution in [0.25, 0.3) is 0 Å². The molecule has 17 heavy (non-hydrogen) atoms. The van der Waals surface area contributed by atoms with Crippen molar-refractivity contribution >= 4 is 11.6 Å². The molecule has 1 aliphatic rings. The van der Waals surface area contributed by atoms with E-state index in [9.17, 15) is 4.79 Å². The molecule has 1 amide bonds. The second-order valence-electron chi connectivity index (χ2n) is 4.10. The van der Waals surface area contributed by atoms with Crippen molar-refractivity contribution in [2.24, 2.45) is 0 Å². The van der Waals surface area contributed by atoms with Crippen LogP contribution in [-0.4, -0.2) is 37.2 Å². The Kier molecular flexibility index (Phi) is 3.93. The molecule has 1 aromatic rings. The monoisotopic (exact) mass is 235 g/mol. The van der Waals surface area contributed by atoms with Crippen LogP contribution < -0.4 is 10.6 Å². The Bertz CT molecular complexity index is 391. The van der Waals surface area contributed by atoms with Crippen molar-refractivity contribution in [3.05, 3.63) is 24.0 Å². The van der Waals surface area contributed by atoms with E-state index in [1.807, 2.05) is 6.07 Å². The maximum atomic E-state index is 11.8. The average molecular weight is 235 g/mol. The number of pyridine rings is 1. The van der Waals surface area contributed by atoms with Crippen LogP contribution in [-0.2, 0) is 4.74 Å². The minimum Gasteiger partial charge on any atom is -0.383 e. The van der Waals surface area contributed by atoms with Gasteiger partial charge in [-0.1, -0.05) is 0 Å². The van der Waals surface area contributed by atoms with E-state index < -0.39 is 0 Å². The number of nitrogens with one attached hydrogen (secondary N) is 2. The normalized spacial score (nSPS) is 14.4. The highest BCUT2D eigenvalue weighted by molar-refractivity contribution is 5.93. The third-order valence-electron chi connectivity index (χ3n) is 2.54. The van der Waals surface area contributed by atoms with Crippen LogP contribution in [0, 0.1) is 0 Å². The summed E-state index contributed by atoms with van der Waals surface area (Å²) in [5.41, 5.74) is 1.34. The fourth-order valence-electron chi connectivity index (χ4n) is 1.45. The van der Waals surface area contributed by atoms with Crippen LogP contribution in [0.1, 0.15) is 23.3 Å². The lowest BCUT2D eigenvalue weighted by Crippen LogP contribution is -2.26. The summed E-state index contributed by atoms with van der Waals surface area (Å²) in [5.74, 6) is -0.0945. The highest BCUT2D eigenvalue weighted by Crippen LogP contribution is 2.19. The Balaban J connectivity index is 1.92. The number of methoxy groups -OCH3 is 1. The largest absolute Gasteiger partial charge is 0.383 e. The Morgan fingerprint density at radius 2 is 2.41 bits per heavy atom. The van der Waals surface area contributed by atoms with Crippen molar-refractivity contribution in [1.82, 2.24) is 10.3 Å². The van der Waals surface area contributed by atoms with Gasteiger partial charge < -0.3 is 15.4 Å². The van der Waals surface area contributed by atoms with Gasteiger partial charge >= 0.3 is 0 Å². The van der Waals surface area contributed by atoms with E-state index in [-0.39, 0.29) is 5.91 Å². The zero-order valence-electron chi connectivity index (χ0n) is 9.90. The molecule has 5 heteroatoms. The topological polar surface area (TPSA) is 63.2 Å². The molecule has 2 N–H and O–H groups in total. The minimum atomic E-state index is -0.0945. The van der Waals surface area contributed by atoms with Crippen molar-refractivity contribution < 1.29 is 9.53 Å². The number of aromatic nitrogens is 1. The van der Waals surface area contributed by atoms with Gasteiger partial charge in [0.15, 0.2) is 0 Å². The molecule has 1 saturated carbocycles. The summed E-state index contributed by atoms with van der Waals surface area (Å²) in [6, 6.07) is 3.95. The van der Waals surface area contributed by atoms with Crippen LogP contribution in [0.3, 0.4) is 0 Å². The molecule has 0 unspecified atom stereocenters. The molecule has 92 valence electrons. The standard InChI is InChI=1S/C12H17N3O2/c1-17-7-6-13-10-4-5-14-11(8-10)12(16)15-9-2-3-9/h4-5,8-9H,2-3,6-7H2,1H3,(H,13,14)(H,15,16). The molecule has 0 saturated heterocycles. The quantitative estimate of drug-likeness (QED) is 0.723. The van der Waals surface area contributed by atoms with Gasteiger partial charge in [0.05, 0.1) is 6.61 Å². The summed E-state index contributed by atoms with van der Waals surface area (Å²) in [6.45, 7) is 1.34. The summed E-state index contributed by atoms with van der Waals surface area (Å²) in [5, 5.41) is 6.08. The lowest BCUT2D eigenvalue weighted by atomic mass is 10.3. The maximum Gasteiger partial charge on any atom is 0.270 e. The SMILES string of the molecule is COCCNc1ccnc(C(=O)NC2CC2)c1. The van der Waals surface area contributed by atoms with E-state index >= 15 is 0 Å². The van der Waals surface area contributed by atoms with Gasteiger partial charge in [-0.3, -0.25) is 9.78 Å². The van der Waals surface area contributed by atoms with E-state index in [2.05, 4.69) is 15.6 Å². The van der Waals surface area contributed by atoms with E-state index in [1.165, 1.54) is 0 Å². The fourth-order valence-corrected chi connectivity index (χ4v) is 1.45. The van der Waals surface area contributed by atoms with Gasteiger partial charge in [-0.25, -0.2) is 0 Å². The average Bonchev–Trinajstić information content (AvgIpc) is 3.14. The van der Waals surface area contributed by atoms with Gasteiger partial charge in [0.2, 0.25) is 0 Å².